The Kier molecular flexibility index (Phi) is 3.65. The summed E-state index contributed by atoms with van der Waals surface area (Å²) in [5.41, 5.74) is 8.69. The summed E-state index contributed by atoms with van der Waals surface area (Å²) in [6.45, 7) is 0. The van der Waals surface area contributed by atoms with Gasteiger partial charge in [-0.3, -0.25) is 9.59 Å². The highest BCUT2D eigenvalue weighted by atomic mass is 32.1. The smallest absolute Gasteiger partial charge is 0.259 e. The Bertz CT molecular complexity index is 975. The van der Waals surface area contributed by atoms with E-state index < -0.39 is 5.91 Å². The van der Waals surface area contributed by atoms with Crippen molar-refractivity contribution in [3.05, 3.63) is 58.1 Å². The number of primary amides is 1. The fraction of sp³-hybridized carbons (Fsp3) is 0.167. The van der Waals surface area contributed by atoms with E-state index in [1.165, 1.54) is 11.3 Å². The Labute approximate surface area is 147 Å². The Morgan fingerprint density at radius 3 is 2.72 bits per heavy atom. The lowest BCUT2D eigenvalue weighted by molar-refractivity contribution is 0.0988. The molecule has 2 amide bonds. The number of hydrogen-bond acceptors (Lipinski definition) is 5. The van der Waals surface area contributed by atoms with Crippen LogP contribution in [0.15, 0.2) is 41.1 Å². The summed E-state index contributed by atoms with van der Waals surface area (Å²) in [7, 11) is 1.69. The van der Waals surface area contributed by atoms with Gasteiger partial charge in [0.15, 0.2) is 5.76 Å². The average Bonchev–Trinajstić information content (AvgIpc) is 3.25. The maximum Gasteiger partial charge on any atom is 0.259 e. The van der Waals surface area contributed by atoms with Crippen LogP contribution < -0.4 is 10.6 Å². The molecule has 0 radical (unpaired) electrons. The Morgan fingerprint density at radius 1 is 1.24 bits per heavy atom. The number of nitrogens with two attached hydrogens (primary N) is 1. The van der Waals surface area contributed by atoms with Crippen molar-refractivity contribution in [1.82, 2.24) is 5.16 Å². The number of benzene rings is 1. The highest BCUT2D eigenvalue weighted by Gasteiger charge is 2.33. The predicted molar refractivity (Wildman–Crippen MR) is 94.9 cm³/mol. The highest BCUT2D eigenvalue weighted by molar-refractivity contribution is 7.19. The molecule has 0 spiro atoms. The van der Waals surface area contributed by atoms with Crippen molar-refractivity contribution in [3.63, 3.8) is 0 Å². The summed E-state index contributed by atoms with van der Waals surface area (Å²) < 4.78 is 5.42. The molecule has 0 aliphatic heterocycles. The predicted octanol–water partition coefficient (Wildman–Crippen LogP) is 2.88. The van der Waals surface area contributed by atoms with Gasteiger partial charge >= 0.3 is 0 Å². The first-order valence-electron chi connectivity index (χ1n) is 7.80. The number of nitrogens with zero attached hydrogens (tertiary/aromatic N) is 2. The van der Waals surface area contributed by atoms with E-state index in [4.69, 9.17) is 10.3 Å². The molecule has 2 heterocycles. The topological polar surface area (TPSA) is 89.4 Å². The molecule has 1 aliphatic carbocycles. The second-order valence-corrected chi connectivity index (χ2v) is 6.86. The number of hydrogen-bond donors (Lipinski definition) is 1. The van der Waals surface area contributed by atoms with Crippen molar-refractivity contribution in [2.75, 3.05) is 11.9 Å². The second kappa shape index (κ2) is 5.86. The highest BCUT2D eigenvalue weighted by Crippen LogP contribution is 2.47. The van der Waals surface area contributed by atoms with Gasteiger partial charge in [0.1, 0.15) is 5.00 Å². The van der Waals surface area contributed by atoms with Crippen molar-refractivity contribution >= 4 is 28.2 Å². The molecule has 1 aromatic carbocycles. The molecule has 1 aliphatic rings. The molecule has 25 heavy (non-hydrogen) atoms. The third kappa shape index (κ3) is 2.44. The van der Waals surface area contributed by atoms with Gasteiger partial charge in [-0.05, 0) is 30.5 Å². The zero-order valence-corrected chi connectivity index (χ0v) is 14.3. The number of fused-ring (bicyclic) bond motifs is 3. The summed E-state index contributed by atoms with van der Waals surface area (Å²) in [4.78, 5) is 26.7. The third-order valence-corrected chi connectivity index (χ3v) is 5.68. The zero-order chi connectivity index (χ0) is 17.6. The van der Waals surface area contributed by atoms with Crippen molar-refractivity contribution in [2.24, 2.45) is 5.73 Å². The fourth-order valence-electron chi connectivity index (χ4n) is 3.13. The van der Waals surface area contributed by atoms with Crippen LogP contribution in [-0.4, -0.2) is 24.0 Å². The average molecular weight is 353 g/mol. The van der Waals surface area contributed by atoms with E-state index in [2.05, 4.69) is 5.16 Å². The number of carbonyl (C=O) groups excluding carboxylic acids is 2. The quantitative estimate of drug-likeness (QED) is 0.784. The fourth-order valence-corrected chi connectivity index (χ4v) is 4.29. The van der Waals surface area contributed by atoms with Crippen molar-refractivity contribution < 1.29 is 14.1 Å². The summed E-state index contributed by atoms with van der Waals surface area (Å²) >= 11 is 1.22. The van der Waals surface area contributed by atoms with Crippen LogP contribution in [0, 0.1) is 0 Å². The molecule has 0 bridgehead atoms. The minimum Gasteiger partial charge on any atom is -0.365 e. The molecule has 126 valence electrons. The molecule has 3 aromatic rings. The first-order valence-corrected chi connectivity index (χ1v) is 8.62. The van der Waals surface area contributed by atoms with Crippen molar-refractivity contribution in [3.8, 4) is 11.3 Å². The minimum atomic E-state index is -0.490. The summed E-state index contributed by atoms with van der Waals surface area (Å²) in [5, 5.41) is 4.52. The molecule has 0 saturated heterocycles. The number of aromatic nitrogens is 1. The van der Waals surface area contributed by atoms with E-state index in [-0.39, 0.29) is 5.91 Å². The van der Waals surface area contributed by atoms with Crippen LogP contribution in [0.4, 0.5) is 5.00 Å². The maximum absolute atomic E-state index is 12.8. The van der Waals surface area contributed by atoms with Crippen LogP contribution in [0.5, 0.6) is 0 Å². The molecular weight excluding hydrogens is 338 g/mol. The van der Waals surface area contributed by atoms with Gasteiger partial charge in [0.2, 0.25) is 0 Å². The van der Waals surface area contributed by atoms with Gasteiger partial charge in [-0.15, -0.1) is 11.3 Å². The molecular formula is C18H15N3O3S. The van der Waals surface area contributed by atoms with Gasteiger partial charge < -0.3 is 15.2 Å². The molecule has 6 nitrogen and oxygen atoms in total. The van der Waals surface area contributed by atoms with Crippen LogP contribution in [-0.2, 0) is 12.8 Å². The number of anilines is 1. The molecule has 0 saturated carbocycles. The largest absolute Gasteiger partial charge is 0.365 e. The van der Waals surface area contributed by atoms with E-state index >= 15 is 0 Å². The normalized spacial score (nSPS) is 12.4. The minimum absolute atomic E-state index is 0.160. The molecule has 2 aromatic heterocycles. The number of carbonyl (C=O) groups is 2. The number of aryl methyl sites for hydroxylation is 1. The molecule has 4 rings (SSSR count). The van der Waals surface area contributed by atoms with E-state index in [1.54, 1.807) is 30.3 Å². The Hall–Kier alpha value is -2.93. The van der Waals surface area contributed by atoms with Gasteiger partial charge in [-0.1, -0.05) is 23.4 Å². The molecule has 0 fully saturated rings. The lowest BCUT2D eigenvalue weighted by Gasteiger charge is -2.19. The van der Waals surface area contributed by atoms with Crippen LogP contribution in [0.25, 0.3) is 11.3 Å². The first-order chi connectivity index (χ1) is 12.1. The van der Waals surface area contributed by atoms with Crippen LogP contribution in [0.2, 0.25) is 0 Å². The van der Waals surface area contributed by atoms with Crippen LogP contribution in [0.1, 0.15) is 31.2 Å². The second-order valence-electron chi connectivity index (χ2n) is 5.86. The zero-order valence-electron chi connectivity index (χ0n) is 13.5. The van der Waals surface area contributed by atoms with E-state index in [0.717, 1.165) is 23.1 Å². The summed E-state index contributed by atoms with van der Waals surface area (Å²) in [5.74, 6) is -0.0314. The van der Waals surface area contributed by atoms with Gasteiger partial charge in [0, 0.05) is 18.2 Å². The maximum atomic E-state index is 12.8. The van der Waals surface area contributed by atoms with E-state index in [0.29, 0.717) is 27.6 Å². The summed E-state index contributed by atoms with van der Waals surface area (Å²) in [6.07, 6.45) is 3.09. The number of rotatable bonds is 3. The molecule has 7 heteroatoms. The van der Waals surface area contributed by atoms with Gasteiger partial charge in [-0.2, -0.15) is 0 Å². The van der Waals surface area contributed by atoms with E-state index in [9.17, 15) is 9.59 Å². The number of thiophene rings is 1. The third-order valence-electron chi connectivity index (χ3n) is 4.36. The van der Waals surface area contributed by atoms with Gasteiger partial charge in [0.05, 0.1) is 16.6 Å². The van der Waals surface area contributed by atoms with Crippen molar-refractivity contribution in [2.45, 2.75) is 12.8 Å². The first kappa shape index (κ1) is 15.6. The van der Waals surface area contributed by atoms with E-state index in [1.807, 2.05) is 18.2 Å². The number of amides is 2. The molecule has 0 atom stereocenters. The van der Waals surface area contributed by atoms with Gasteiger partial charge in [0.25, 0.3) is 11.8 Å². The monoisotopic (exact) mass is 353 g/mol. The summed E-state index contributed by atoms with van der Waals surface area (Å²) in [6, 6.07) is 9.00. The van der Waals surface area contributed by atoms with Crippen molar-refractivity contribution in [1.29, 1.82) is 0 Å². The SMILES string of the molecule is CN(C(=O)c1ccccc1)c1sc(C(N)=O)c2c1-c1oncc1CC2. The molecule has 0 unspecified atom stereocenters. The molecule has 2 N–H and O–H groups in total. The van der Waals surface area contributed by atoms with Crippen LogP contribution in [0.3, 0.4) is 0 Å². The lowest BCUT2D eigenvalue weighted by Crippen LogP contribution is -2.26. The lowest BCUT2D eigenvalue weighted by atomic mass is 9.92. The Morgan fingerprint density at radius 2 is 2.00 bits per heavy atom. The van der Waals surface area contributed by atoms with Gasteiger partial charge in [-0.25, -0.2) is 0 Å². The van der Waals surface area contributed by atoms with Crippen LogP contribution >= 0.6 is 11.3 Å². The Balaban J connectivity index is 1.86. The standard InChI is InChI=1S/C18H15N3O3S/c1-21(17(23)10-5-3-2-4-6-10)18-13-12(15(25-18)16(19)22)8-7-11-9-20-24-14(11)13/h2-6,9H,7-8H2,1H3,(H2,19,22).